The van der Waals surface area contributed by atoms with Gasteiger partial charge in [0.05, 0.1) is 34.1 Å². The van der Waals surface area contributed by atoms with E-state index in [1.807, 2.05) is 0 Å². The molecule has 0 spiro atoms. The molecule has 6 heteroatoms. The van der Waals surface area contributed by atoms with E-state index in [0.29, 0.717) is 0 Å². The maximum absolute atomic E-state index is 2.49. The van der Waals surface area contributed by atoms with Crippen molar-refractivity contribution in [1.29, 1.82) is 0 Å². The molecule has 0 atom stereocenters. The van der Waals surface area contributed by atoms with Gasteiger partial charge in [-0.25, -0.2) is 0 Å². The van der Waals surface area contributed by atoms with E-state index in [9.17, 15) is 0 Å². The lowest BCUT2D eigenvalue weighted by Crippen LogP contribution is -2.13. The quantitative estimate of drug-likeness (QED) is 0.0792. The third-order valence-corrected chi connectivity index (χ3v) is 32.4. The first-order valence-corrected chi connectivity index (χ1v) is 53.1. The molecule has 24 rings (SSSR count). The third kappa shape index (κ3) is 17.6. The van der Waals surface area contributed by atoms with Crippen molar-refractivity contribution in [3.63, 3.8) is 0 Å². The van der Waals surface area contributed by atoms with Gasteiger partial charge in [-0.05, 0) is 511 Å². The van der Waals surface area contributed by atoms with Crippen molar-refractivity contribution in [1.82, 2.24) is 0 Å². The Morgan fingerprint density at radius 1 is 0.113 bits per heavy atom. The molecule has 0 aliphatic carbocycles. The molecule has 0 aliphatic heterocycles. The highest BCUT2D eigenvalue weighted by molar-refractivity contribution is 6.32. The van der Waals surface area contributed by atoms with Crippen LogP contribution >= 0.6 is 0 Å². The molecule has 0 bridgehead atoms. The van der Waals surface area contributed by atoms with Crippen molar-refractivity contribution in [2.24, 2.45) is 0 Å². The molecule has 0 aromatic heterocycles. The molecule has 150 heavy (non-hydrogen) atoms. The monoisotopic (exact) mass is 1950 g/mol. The Balaban J connectivity index is 0.000000127. The summed E-state index contributed by atoms with van der Waals surface area (Å²) >= 11 is 0. The highest BCUT2D eigenvalue weighted by Crippen LogP contribution is 2.55. The van der Waals surface area contributed by atoms with Gasteiger partial charge >= 0.3 is 0 Å². The molecule has 6 nitrogen and oxygen atoms in total. The summed E-state index contributed by atoms with van der Waals surface area (Å²) in [6.07, 6.45) is 0. The number of rotatable bonds is 18. The fourth-order valence-corrected chi connectivity index (χ4v) is 23.6. The molecule has 0 N–H and O–H groups in total. The van der Waals surface area contributed by atoms with E-state index in [2.05, 4.69) is 560 Å². The van der Waals surface area contributed by atoms with Gasteiger partial charge in [-0.15, -0.1) is 0 Å². The van der Waals surface area contributed by atoms with E-state index in [4.69, 9.17) is 0 Å². The van der Waals surface area contributed by atoms with E-state index < -0.39 is 0 Å². The summed E-state index contributed by atoms with van der Waals surface area (Å²) in [6.45, 7) is 53.1. The van der Waals surface area contributed by atoms with Gasteiger partial charge in [0.15, 0.2) is 0 Å². The molecule has 0 heterocycles. The second kappa shape index (κ2) is 39.1. The number of hydrogen-bond donors (Lipinski definition) is 0. The first-order chi connectivity index (χ1) is 72.3. The number of benzene rings is 24. The molecule has 738 valence electrons. The van der Waals surface area contributed by atoms with Crippen LogP contribution in [0, 0.1) is 166 Å². The third-order valence-electron chi connectivity index (χ3n) is 32.4. The Morgan fingerprint density at radius 2 is 0.307 bits per heavy atom. The molecular formula is C144H132N6. The van der Waals surface area contributed by atoms with E-state index in [1.165, 1.54) is 321 Å². The Kier molecular flexibility index (Phi) is 25.5. The minimum absolute atomic E-state index is 1.16. The Labute approximate surface area is 886 Å². The van der Waals surface area contributed by atoms with Gasteiger partial charge < -0.3 is 29.4 Å². The van der Waals surface area contributed by atoms with Gasteiger partial charge in [0.25, 0.3) is 0 Å². The molecule has 0 fully saturated rings. The molecule has 24 aromatic rings. The lowest BCUT2D eigenvalue weighted by Gasteiger charge is -2.31. The number of hydrogen-bond acceptors (Lipinski definition) is 6. The molecule has 0 saturated carbocycles. The Morgan fingerprint density at radius 3 is 0.540 bits per heavy atom. The van der Waals surface area contributed by atoms with Gasteiger partial charge in [-0.2, -0.15) is 0 Å². The first kappa shape index (κ1) is 97.9. The molecule has 0 saturated heterocycles. The minimum Gasteiger partial charge on any atom is -0.310 e. The summed E-state index contributed by atoms with van der Waals surface area (Å²) in [5.74, 6) is 0. The number of anilines is 18. The molecular weight excluding hydrogens is 1810 g/mol. The zero-order chi connectivity index (χ0) is 105. The van der Waals surface area contributed by atoms with Crippen molar-refractivity contribution >= 4 is 199 Å². The van der Waals surface area contributed by atoms with Crippen LogP contribution in [-0.2, 0) is 0 Å². The predicted molar refractivity (Wildman–Crippen MR) is 652 cm³/mol. The molecule has 0 amide bonds. The number of para-hydroxylation sites is 2. The highest BCUT2D eigenvalue weighted by atomic mass is 15.2. The molecule has 0 aliphatic rings. The summed E-state index contributed by atoms with van der Waals surface area (Å²) in [7, 11) is 0. The van der Waals surface area contributed by atoms with Gasteiger partial charge in [-0.1, -0.05) is 217 Å². The maximum Gasteiger partial charge on any atom is 0.0540 e. The van der Waals surface area contributed by atoms with Gasteiger partial charge in [0.2, 0.25) is 0 Å². The van der Waals surface area contributed by atoms with Crippen molar-refractivity contribution in [3.05, 3.63) is 498 Å². The average molecular weight is 1950 g/mol. The zero-order valence-electron chi connectivity index (χ0n) is 91.3. The fourth-order valence-electron chi connectivity index (χ4n) is 23.6. The lowest BCUT2D eigenvalue weighted by molar-refractivity contribution is 1.19. The predicted octanol–water partition coefficient (Wildman–Crippen LogP) is 42.0. The zero-order valence-corrected chi connectivity index (χ0v) is 91.3. The van der Waals surface area contributed by atoms with E-state index >= 15 is 0 Å². The van der Waals surface area contributed by atoms with Crippen LogP contribution in [0.25, 0.3) is 97.0 Å². The maximum atomic E-state index is 2.49. The van der Waals surface area contributed by atoms with Gasteiger partial charge in [0.1, 0.15) is 0 Å². The van der Waals surface area contributed by atoms with Crippen LogP contribution in [0.5, 0.6) is 0 Å². The number of nitrogens with zero attached hydrogens (tertiary/aromatic N) is 6. The van der Waals surface area contributed by atoms with Gasteiger partial charge in [-0.3, -0.25) is 0 Å². The summed E-state index contributed by atoms with van der Waals surface area (Å²) in [5.41, 5.74) is 52.2. The van der Waals surface area contributed by atoms with E-state index in [-0.39, 0.29) is 0 Å². The van der Waals surface area contributed by atoms with E-state index in [0.717, 1.165) is 11.4 Å². The lowest BCUT2D eigenvalue weighted by atomic mass is 9.91. The molecule has 0 unspecified atom stereocenters. The van der Waals surface area contributed by atoms with Crippen LogP contribution < -0.4 is 29.4 Å². The largest absolute Gasteiger partial charge is 0.310 e. The summed E-state index contributed by atoms with van der Waals surface area (Å²) < 4.78 is 0. The average Bonchev–Trinajstić information content (AvgIpc) is 0.722. The van der Waals surface area contributed by atoms with Crippen molar-refractivity contribution in [3.8, 4) is 0 Å². The Hall–Kier alpha value is -16.8. The van der Waals surface area contributed by atoms with Crippen LogP contribution in [0.4, 0.5) is 102 Å². The SMILES string of the molecule is Cc1cc(C)cc(N(c2ccccc2C)c2ccc3ccc4c(N(c5cc(C)cc(C)c5)c5ccccc5C)ccc5ccc2c3c54)c1.Cc1cc(N(c2cc(C)c(C)c(C)c2)c2ccc3ccc4c(N(c5cc(C)c(C)c(C)c5)c5cc(C)c(C)c(C)c5)ccc5ccc2c3c54)cc(C)c1C.Cc1ccc(N(c2cc(C)ccc2C)c2ccc3ccc4c(N(c5ccc(C)cc5)c5cc(C)ccc5C)ccc5ccc2c3c54)cc1. The van der Waals surface area contributed by atoms with Gasteiger partial charge in [0, 0.05) is 101 Å². The normalized spacial score (nSPS) is 11.6. The first-order valence-electron chi connectivity index (χ1n) is 53.1. The van der Waals surface area contributed by atoms with Crippen molar-refractivity contribution < 1.29 is 0 Å². The fraction of sp³-hybridized carbons (Fsp3) is 0.167. The van der Waals surface area contributed by atoms with Crippen molar-refractivity contribution in [2.45, 2.75) is 166 Å². The summed E-state index contributed by atoms with van der Waals surface area (Å²) in [6, 6.07) is 137. The van der Waals surface area contributed by atoms with Crippen LogP contribution in [0.2, 0.25) is 0 Å². The molecule has 24 aromatic carbocycles. The molecule has 0 radical (unpaired) electrons. The van der Waals surface area contributed by atoms with Crippen molar-refractivity contribution in [2.75, 3.05) is 29.4 Å². The summed E-state index contributed by atoms with van der Waals surface area (Å²) in [5, 5.41) is 22.9. The Bertz CT molecular complexity index is 8670. The van der Waals surface area contributed by atoms with Crippen LogP contribution in [0.3, 0.4) is 0 Å². The van der Waals surface area contributed by atoms with Crippen LogP contribution in [0.1, 0.15) is 134 Å². The second-order valence-electron chi connectivity index (χ2n) is 43.1. The minimum atomic E-state index is 1.16. The van der Waals surface area contributed by atoms with E-state index in [1.54, 1.807) is 0 Å². The smallest absolute Gasteiger partial charge is 0.0540 e. The topological polar surface area (TPSA) is 19.4 Å². The van der Waals surface area contributed by atoms with Crippen LogP contribution in [-0.4, -0.2) is 0 Å². The second-order valence-corrected chi connectivity index (χ2v) is 43.1. The highest BCUT2D eigenvalue weighted by Gasteiger charge is 2.31. The van der Waals surface area contributed by atoms with Crippen LogP contribution in [0.15, 0.2) is 364 Å². The standard InChI is InChI=1S/C52H52N2.2C46H40N2/c1-29-21-43(22-30(2)37(29)9)53(44-23-31(3)38(10)32(4)24-44)49-19-15-41-14-18-48-50(20-16-42-13-17-47(49)51(41)52(42)48)54(45-25-33(5)39(11)34(6)26-45)46-27-35(7)40(12)36(8)28-46;1-29-9-19-37(20-10-29)47(43-27-31(3)7-13-33(43)5)41-25-17-35-16-24-40-42(26-18-36-15-23-39(41)45(35)46(36)40)48(38-21-11-30(2)12-22-38)44-28-32(4)8-14-34(44)6;1-29-23-30(2)26-37(25-29)47(41-13-9-7-11-33(41)5)43-21-17-35-16-20-40-44(22-18-36-15-19-39(43)45(35)46(36)40)48(42-14-10-8-12-34(42)6)38-27-31(3)24-32(4)28-38/h13-28H,1-12H3;2*7-28H,1-6H3. The number of aryl methyl sites for hydroxylation is 20. The summed E-state index contributed by atoms with van der Waals surface area (Å²) in [4.78, 5) is 14.8.